The van der Waals surface area contributed by atoms with Crippen molar-refractivity contribution in [3.63, 3.8) is 0 Å². The first kappa shape index (κ1) is 18.0. The van der Waals surface area contributed by atoms with Crippen LogP contribution in [-0.2, 0) is 11.3 Å². The Bertz CT molecular complexity index is 684. The lowest BCUT2D eigenvalue weighted by molar-refractivity contribution is -0.124. The molecule has 24 heavy (non-hydrogen) atoms. The zero-order valence-electron chi connectivity index (χ0n) is 13.8. The first-order valence-electron chi connectivity index (χ1n) is 7.85. The van der Waals surface area contributed by atoms with E-state index in [1.165, 1.54) is 0 Å². The third kappa shape index (κ3) is 5.10. The summed E-state index contributed by atoms with van der Waals surface area (Å²) in [6.45, 7) is 4.23. The first-order valence-corrected chi connectivity index (χ1v) is 8.23. The van der Waals surface area contributed by atoms with Gasteiger partial charge in [0.15, 0.2) is 0 Å². The first-order chi connectivity index (χ1) is 11.5. The fourth-order valence-electron chi connectivity index (χ4n) is 2.26. The minimum atomic E-state index is -0.600. The van der Waals surface area contributed by atoms with Crippen LogP contribution in [0.4, 0.5) is 0 Å². The van der Waals surface area contributed by atoms with Gasteiger partial charge < -0.3 is 10.6 Å². The second kappa shape index (κ2) is 8.50. The normalized spacial score (nSPS) is 11.8. The average Bonchev–Trinajstić information content (AvgIpc) is 2.58. The third-order valence-electron chi connectivity index (χ3n) is 3.65. The van der Waals surface area contributed by atoms with Crippen molar-refractivity contribution < 1.29 is 9.59 Å². The molecule has 0 aliphatic carbocycles. The number of amides is 2. The Morgan fingerprint density at radius 2 is 1.62 bits per heavy atom. The highest BCUT2D eigenvalue weighted by atomic mass is 35.5. The Morgan fingerprint density at radius 1 is 1.00 bits per heavy atom. The van der Waals surface area contributed by atoms with Crippen molar-refractivity contribution in [1.82, 2.24) is 10.6 Å². The Kier molecular flexibility index (Phi) is 6.38. The van der Waals surface area contributed by atoms with Crippen LogP contribution in [0.2, 0.25) is 5.02 Å². The molecule has 0 saturated heterocycles. The van der Waals surface area contributed by atoms with Gasteiger partial charge in [0.25, 0.3) is 5.91 Å². The molecule has 126 valence electrons. The Morgan fingerprint density at radius 3 is 2.21 bits per heavy atom. The molecular formula is C19H21ClN2O2. The van der Waals surface area contributed by atoms with E-state index < -0.39 is 6.04 Å². The zero-order valence-corrected chi connectivity index (χ0v) is 14.5. The van der Waals surface area contributed by atoms with E-state index in [2.05, 4.69) is 10.6 Å². The molecule has 1 atom stereocenters. The molecule has 2 aromatic carbocycles. The van der Waals surface area contributed by atoms with Crippen LogP contribution < -0.4 is 10.6 Å². The molecule has 0 aliphatic heterocycles. The molecule has 0 saturated carbocycles. The zero-order chi connectivity index (χ0) is 17.5. The second-order valence-electron chi connectivity index (χ2n) is 5.91. The SMILES string of the molecule is CC(C)[C@H](NC(=O)c1ccc(Cl)cc1)C(=O)NCc1ccccc1. The number of carbonyl (C=O) groups is 2. The van der Waals surface area contributed by atoms with Crippen LogP contribution >= 0.6 is 11.6 Å². The standard InChI is InChI=1S/C19H21ClN2O2/c1-13(2)17(19(24)21-12-14-6-4-3-5-7-14)22-18(23)15-8-10-16(20)11-9-15/h3-11,13,17H,12H2,1-2H3,(H,21,24)(H,22,23)/t17-/m0/s1. The van der Waals surface area contributed by atoms with Gasteiger partial charge in [-0.3, -0.25) is 9.59 Å². The Labute approximate surface area is 147 Å². The predicted molar refractivity (Wildman–Crippen MR) is 95.8 cm³/mol. The third-order valence-corrected chi connectivity index (χ3v) is 3.90. The molecule has 0 spiro atoms. The quantitative estimate of drug-likeness (QED) is 0.843. The summed E-state index contributed by atoms with van der Waals surface area (Å²) in [7, 11) is 0. The molecule has 2 rings (SSSR count). The molecule has 2 N–H and O–H groups in total. The minimum absolute atomic E-state index is 0.0305. The molecule has 5 heteroatoms. The minimum Gasteiger partial charge on any atom is -0.350 e. The van der Waals surface area contributed by atoms with E-state index in [-0.39, 0.29) is 17.7 Å². The molecule has 0 bridgehead atoms. The predicted octanol–water partition coefficient (Wildman–Crippen LogP) is 3.41. The molecule has 0 unspecified atom stereocenters. The highest BCUT2D eigenvalue weighted by molar-refractivity contribution is 6.30. The lowest BCUT2D eigenvalue weighted by atomic mass is 10.0. The summed E-state index contributed by atoms with van der Waals surface area (Å²) in [6, 6.07) is 15.6. The Balaban J connectivity index is 1.99. The fourth-order valence-corrected chi connectivity index (χ4v) is 2.38. The maximum Gasteiger partial charge on any atom is 0.251 e. The summed E-state index contributed by atoms with van der Waals surface area (Å²) < 4.78 is 0. The van der Waals surface area contributed by atoms with E-state index in [4.69, 9.17) is 11.6 Å². The van der Waals surface area contributed by atoms with Gasteiger partial charge >= 0.3 is 0 Å². The van der Waals surface area contributed by atoms with E-state index >= 15 is 0 Å². The smallest absolute Gasteiger partial charge is 0.251 e. The lowest BCUT2D eigenvalue weighted by Crippen LogP contribution is -2.49. The van der Waals surface area contributed by atoms with Gasteiger partial charge in [-0.25, -0.2) is 0 Å². The van der Waals surface area contributed by atoms with Crippen LogP contribution in [0, 0.1) is 5.92 Å². The number of benzene rings is 2. The summed E-state index contributed by atoms with van der Waals surface area (Å²) >= 11 is 5.83. The van der Waals surface area contributed by atoms with Crippen molar-refractivity contribution in [2.75, 3.05) is 0 Å². The number of hydrogen-bond acceptors (Lipinski definition) is 2. The van der Waals surface area contributed by atoms with Crippen molar-refractivity contribution >= 4 is 23.4 Å². The summed E-state index contributed by atoms with van der Waals surface area (Å²) in [6.07, 6.45) is 0. The number of halogens is 1. The molecule has 0 aliphatic rings. The second-order valence-corrected chi connectivity index (χ2v) is 6.34. The number of rotatable bonds is 6. The highest BCUT2D eigenvalue weighted by Crippen LogP contribution is 2.11. The maximum atomic E-state index is 12.4. The van der Waals surface area contributed by atoms with Crippen molar-refractivity contribution in [2.45, 2.75) is 26.4 Å². The van der Waals surface area contributed by atoms with Crippen LogP contribution in [-0.4, -0.2) is 17.9 Å². The topological polar surface area (TPSA) is 58.2 Å². The van der Waals surface area contributed by atoms with Gasteiger partial charge in [0, 0.05) is 17.1 Å². The van der Waals surface area contributed by atoms with Gasteiger partial charge in [-0.05, 0) is 35.7 Å². The number of hydrogen-bond donors (Lipinski definition) is 2. The number of nitrogens with one attached hydrogen (secondary N) is 2. The molecule has 0 fully saturated rings. The lowest BCUT2D eigenvalue weighted by Gasteiger charge is -2.22. The molecule has 2 aromatic rings. The van der Waals surface area contributed by atoms with E-state index in [9.17, 15) is 9.59 Å². The summed E-state index contributed by atoms with van der Waals surface area (Å²) in [4.78, 5) is 24.7. The summed E-state index contributed by atoms with van der Waals surface area (Å²) in [5, 5.41) is 6.23. The molecule has 0 heterocycles. The van der Waals surface area contributed by atoms with E-state index in [1.54, 1.807) is 24.3 Å². The van der Waals surface area contributed by atoms with Crippen LogP contribution in [0.25, 0.3) is 0 Å². The largest absolute Gasteiger partial charge is 0.350 e. The van der Waals surface area contributed by atoms with Crippen LogP contribution in [0.1, 0.15) is 29.8 Å². The highest BCUT2D eigenvalue weighted by Gasteiger charge is 2.24. The van der Waals surface area contributed by atoms with E-state index in [1.807, 2.05) is 44.2 Å². The van der Waals surface area contributed by atoms with E-state index in [0.29, 0.717) is 17.1 Å². The van der Waals surface area contributed by atoms with Gasteiger partial charge in [0.1, 0.15) is 6.04 Å². The van der Waals surface area contributed by atoms with Gasteiger partial charge in [0.05, 0.1) is 0 Å². The molecule has 4 nitrogen and oxygen atoms in total. The average molecular weight is 345 g/mol. The van der Waals surface area contributed by atoms with Crippen LogP contribution in [0.3, 0.4) is 0 Å². The van der Waals surface area contributed by atoms with Crippen LogP contribution in [0.15, 0.2) is 54.6 Å². The van der Waals surface area contributed by atoms with Gasteiger partial charge in [-0.2, -0.15) is 0 Å². The van der Waals surface area contributed by atoms with Gasteiger partial charge in [-0.15, -0.1) is 0 Å². The molecule has 2 amide bonds. The van der Waals surface area contributed by atoms with Crippen molar-refractivity contribution in [3.05, 3.63) is 70.7 Å². The summed E-state index contributed by atoms with van der Waals surface area (Å²) in [5.41, 5.74) is 1.48. The maximum absolute atomic E-state index is 12.4. The van der Waals surface area contributed by atoms with Crippen molar-refractivity contribution in [1.29, 1.82) is 0 Å². The number of carbonyl (C=O) groups excluding carboxylic acids is 2. The fraction of sp³-hybridized carbons (Fsp3) is 0.263. The van der Waals surface area contributed by atoms with Gasteiger partial charge in [-0.1, -0.05) is 55.8 Å². The summed E-state index contributed by atoms with van der Waals surface area (Å²) in [5.74, 6) is -0.520. The van der Waals surface area contributed by atoms with Crippen molar-refractivity contribution in [2.24, 2.45) is 5.92 Å². The molecule has 0 aromatic heterocycles. The van der Waals surface area contributed by atoms with Crippen molar-refractivity contribution in [3.8, 4) is 0 Å². The Hall–Kier alpha value is -2.33. The monoisotopic (exact) mass is 344 g/mol. The van der Waals surface area contributed by atoms with E-state index in [0.717, 1.165) is 5.56 Å². The van der Waals surface area contributed by atoms with Crippen LogP contribution in [0.5, 0.6) is 0 Å². The molecule has 0 radical (unpaired) electrons. The molecular weight excluding hydrogens is 324 g/mol. The van der Waals surface area contributed by atoms with Gasteiger partial charge in [0.2, 0.25) is 5.91 Å².